The Kier molecular flexibility index (Phi) is 6.79. The fourth-order valence-corrected chi connectivity index (χ4v) is 8.76. The third-order valence-electron chi connectivity index (χ3n) is 11.3. The molecule has 4 aliphatic heterocycles. The molecule has 9 rings (SSSR count). The van der Waals surface area contributed by atoms with Crippen molar-refractivity contribution in [1.82, 2.24) is 20.2 Å². The molecule has 2 bridgehead atoms. The van der Waals surface area contributed by atoms with Crippen molar-refractivity contribution in [2.45, 2.75) is 56.5 Å². The number of nitrogens with zero attached hydrogens (tertiary/aromatic N) is 4. The normalized spacial score (nSPS) is 27.2. The monoisotopic (exact) mass is 651 g/mol. The van der Waals surface area contributed by atoms with Gasteiger partial charge in [-0.3, -0.25) is 0 Å². The van der Waals surface area contributed by atoms with Crippen LogP contribution in [0, 0.1) is 34.1 Å². The van der Waals surface area contributed by atoms with Gasteiger partial charge in [0.05, 0.1) is 19.0 Å². The number of hydrogen-bond donors (Lipinski definition) is 2. The maximum absolute atomic E-state index is 16.8. The van der Waals surface area contributed by atoms with E-state index in [0.29, 0.717) is 30.9 Å². The molecule has 1 spiro atoms. The van der Waals surface area contributed by atoms with Crippen LogP contribution in [0.5, 0.6) is 6.01 Å². The van der Waals surface area contributed by atoms with Crippen molar-refractivity contribution in [2.75, 3.05) is 57.4 Å². The summed E-state index contributed by atoms with van der Waals surface area (Å²) in [5, 5.41) is 14.3. The largest absolute Gasteiger partial charge is 0.512 e. The Balaban J connectivity index is 1.08. The molecule has 0 radical (unpaired) electrons. The summed E-state index contributed by atoms with van der Waals surface area (Å²) >= 11 is 0. The highest BCUT2D eigenvalue weighted by Crippen LogP contribution is 2.50. The van der Waals surface area contributed by atoms with Gasteiger partial charge in [-0.2, -0.15) is 9.97 Å². The average molecular weight is 652 g/mol. The Bertz CT molecular complexity index is 1790. The number of aliphatic hydroxyl groups excluding tert-OH is 1. The molecule has 12 heteroatoms. The summed E-state index contributed by atoms with van der Waals surface area (Å²) in [5.41, 5.74) is -0.380. The molecule has 2 aliphatic carbocycles. The van der Waals surface area contributed by atoms with Gasteiger partial charge in [0, 0.05) is 91.1 Å². The number of anilines is 1. The van der Waals surface area contributed by atoms with Gasteiger partial charge in [0.15, 0.2) is 17.5 Å². The van der Waals surface area contributed by atoms with Crippen LogP contribution in [0.1, 0.15) is 61.1 Å². The minimum absolute atomic E-state index is 0.00870. The molecular weight excluding hydrogens is 614 g/mol. The first-order valence-corrected chi connectivity index (χ1v) is 16.7. The quantitative estimate of drug-likeness (QED) is 0.327. The fraction of sp³-hybridized carbons (Fsp3) is 0.543. The van der Waals surface area contributed by atoms with Crippen LogP contribution in [0.3, 0.4) is 0 Å². The van der Waals surface area contributed by atoms with Gasteiger partial charge in [-0.05, 0) is 55.9 Å². The van der Waals surface area contributed by atoms with E-state index < -0.39 is 34.8 Å². The van der Waals surface area contributed by atoms with E-state index in [1.165, 1.54) is 18.2 Å². The molecule has 5 fully saturated rings. The van der Waals surface area contributed by atoms with Crippen molar-refractivity contribution < 1.29 is 32.1 Å². The van der Waals surface area contributed by atoms with Crippen LogP contribution in [0.15, 0.2) is 24.0 Å². The molecule has 1 saturated carbocycles. The van der Waals surface area contributed by atoms with E-state index in [1.54, 1.807) is 0 Å². The molecule has 3 aromatic rings. The smallest absolute Gasteiger partial charge is 0.319 e. The number of benzene rings is 2. The van der Waals surface area contributed by atoms with Crippen LogP contribution in [-0.2, 0) is 4.74 Å². The number of likely N-dealkylation sites (tertiary alicyclic amines) is 1. The van der Waals surface area contributed by atoms with Gasteiger partial charge in [-0.1, -0.05) is 6.07 Å². The molecule has 248 valence electrons. The molecule has 4 saturated heterocycles. The lowest BCUT2D eigenvalue weighted by atomic mass is 9.78. The molecule has 6 aliphatic rings. The van der Waals surface area contributed by atoms with Crippen LogP contribution in [0.4, 0.5) is 23.4 Å². The van der Waals surface area contributed by atoms with Crippen LogP contribution in [-0.4, -0.2) is 84.6 Å². The third-order valence-corrected chi connectivity index (χ3v) is 11.3. The zero-order chi connectivity index (χ0) is 32.1. The van der Waals surface area contributed by atoms with Crippen molar-refractivity contribution in [1.29, 1.82) is 0 Å². The number of hydrogen-bond acceptors (Lipinski definition) is 8. The lowest BCUT2D eigenvalue weighted by Gasteiger charge is -2.48. The molecule has 8 nitrogen and oxygen atoms in total. The van der Waals surface area contributed by atoms with E-state index in [4.69, 9.17) is 14.5 Å². The Morgan fingerprint density at radius 2 is 1.77 bits per heavy atom. The summed E-state index contributed by atoms with van der Waals surface area (Å²) in [6.45, 7) is 6.22. The standard InChI is InChI=1S/C35H37F4N5O3/c36-25-4-1-19-9-22(45)10-23(27(19)29(25)38)28-26(37)11-24-31(30(28)39)41-33(42-32(24)44-12-20-2-3-21(13-44)40-20)47-18-34(5-6-34)14-43-15-35(16-43)7-8-46-17-35/h1,4,9,11,20-21,23,40,45H,2-3,5-8,10,12-18H2. The molecule has 0 amide bonds. The van der Waals surface area contributed by atoms with Gasteiger partial charge in [-0.15, -0.1) is 0 Å². The molecule has 3 unspecified atom stereocenters. The molecule has 1 aromatic heterocycles. The maximum atomic E-state index is 16.8. The molecule has 5 heterocycles. The van der Waals surface area contributed by atoms with Crippen molar-refractivity contribution in [2.24, 2.45) is 10.8 Å². The highest BCUT2D eigenvalue weighted by molar-refractivity contribution is 5.91. The summed E-state index contributed by atoms with van der Waals surface area (Å²) in [5.74, 6) is -5.33. The zero-order valence-corrected chi connectivity index (χ0v) is 26.0. The number of halogens is 4. The first kappa shape index (κ1) is 29.6. The van der Waals surface area contributed by atoms with E-state index >= 15 is 13.2 Å². The van der Waals surface area contributed by atoms with Gasteiger partial charge in [-0.25, -0.2) is 17.6 Å². The third kappa shape index (κ3) is 5.05. The van der Waals surface area contributed by atoms with Crippen LogP contribution in [0.2, 0.25) is 0 Å². The Morgan fingerprint density at radius 1 is 0.979 bits per heavy atom. The molecular formula is C35H37F4N5O3. The average Bonchev–Trinajstić information content (AvgIpc) is 3.46. The second-order valence-corrected chi connectivity index (χ2v) is 14.8. The maximum Gasteiger partial charge on any atom is 0.319 e. The Hall–Kier alpha value is -3.48. The van der Waals surface area contributed by atoms with Gasteiger partial charge in [0.2, 0.25) is 0 Å². The number of fused-ring (bicyclic) bond motifs is 4. The van der Waals surface area contributed by atoms with Gasteiger partial charge >= 0.3 is 6.01 Å². The second kappa shape index (κ2) is 10.8. The van der Waals surface area contributed by atoms with Gasteiger partial charge in [0.1, 0.15) is 17.2 Å². The molecule has 2 aromatic carbocycles. The minimum Gasteiger partial charge on any atom is -0.512 e. The van der Waals surface area contributed by atoms with Crippen molar-refractivity contribution in [3.63, 3.8) is 0 Å². The Morgan fingerprint density at radius 3 is 2.49 bits per heavy atom. The first-order chi connectivity index (χ1) is 22.7. The van der Waals surface area contributed by atoms with Crippen molar-refractivity contribution in [3.05, 3.63) is 63.9 Å². The highest BCUT2D eigenvalue weighted by Gasteiger charge is 2.52. The van der Waals surface area contributed by atoms with Crippen LogP contribution >= 0.6 is 0 Å². The van der Waals surface area contributed by atoms with Crippen LogP contribution in [0.25, 0.3) is 17.0 Å². The number of allylic oxidation sites excluding steroid dienone is 1. The lowest BCUT2D eigenvalue weighted by Crippen LogP contribution is -2.58. The number of nitrogens with one attached hydrogen (secondary N) is 1. The predicted molar refractivity (Wildman–Crippen MR) is 167 cm³/mol. The molecule has 3 atom stereocenters. The summed E-state index contributed by atoms with van der Waals surface area (Å²) in [7, 11) is 0. The number of piperazine rings is 1. The fourth-order valence-electron chi connectivity index (χ4n) is 8.76. The van der Waals surface area contributed by atoms with E-state index in [1.807, 2.05) is 4.90 Å². The zero-order valence-electron chi connectivity index (χ0n) is 26.0. The summed E-state index contributed by atoms with van der Waals surface area (Å²) in [6.07, 6.45) is 6.15. The number of ether oxygens (including phenoxy) is 2. The predicted octanol–water partition coefficient (Wildman–Crippen LogP) is 5.44. The molecule has 47 heavy (non-hydrogen) atoms. The summed E-state index contributed by atoms with van der Waals surface area (Å²) < 4.78 is 74.4. The first-order valence-electron chi connectivity index (χ1n) is 16.7. The number of aliphatic hydroxyl groups is 1. The summed E-state index contributed by atoms with van der Waals surface area (Å²) in [4.78, 5) is 13.8. The Labute approximate surface area is 269 Å². The topological polar surface area (TPSA) is 83.0 Å². The second-order valence-electron chi connectivity index (χ2n) is 14.8. The lowest BCUT2D eigenvalue weighted by molar-refractivity contribution is -0.0239. The minimum atomic E-state index is -1.30. The van der Waals surface area contributed by atoms with E-state index in [-0.39, 0.29) is 57.7 Å². The molecule has 2 N–H and O–H groups in total. The van der Waals surface area contributed by atoms with E-state index in [2.05, 4.69) is 15.2 Å². The highest BCUT2D eigenvalue weighted by atomic mass is 19.2. The summed E-state index contributed by atoms with van der Waals surface area (Å²) in [6, 6.07) is 3.92. The van der Waals surface area contributed by atoms with Crippen molar-refractivity contribution in [3.8, 4) is 6.01 Å². The SMILES string of the molecule is OC1=Cc2ccc(F)c(F)c2C(c2c(F)cc3c(N4CC5CCC(C4)N5)nc(OCC4(CN5CC6(CCOC6)C5)CC4)nc3c2F)C1. The van der Waals surface area contributed by atoms with Gasteiger partial charge in [0.25, 0.3) is 0 Å². The van der Waals surface area contributed by atoms with E-state index in [9.17, 15) is 9.50 Å². The van der Waals surface area contributed by atoms with E-state index in [0.717, 1.165) is 71.0 Å². The number of rotatable bonds is 7. The number of aromatic nitrogens is 2. The van der Waals surface area contributed by atoms with Gasteiger partial charge < -0.3 is 29.7 Å². The van der Waals surface area contributed by atoms with Crippen LogP contribution < -0.4 is 15.0 Å². The van der Waals surface area contributed by atoms with Crippen molar-refractivity contribution >= 4 is 22.8 Å².